The number of amides is 2. The summed E-state index contributed by atoms with van der Waals surface area (Å²) in [6, 6.07) is 20.0. The van der Waals surface area contributed by atoms with Crippen LogP contribution in [-0.4, -0.2) is 28.3 Å². The van der Waals surface area contributed by atoms with E-state index in [1.165, 1.54) is 0 Å². The number of nitrogens with zero attached hydrogens (tertiary/aromatic N) is 1. The summed E-state index contributed by atoms with van der Waals surface area (Å²) >= 11 is 12.5. The molecule has 35 heavy (non-hydrogen) atoms. The second kappa shape index (κ2) is 10.9. The lowest BCUT2D eigenvalue weighted by atomic mass is 10.1. The predicted molar refractivity (Wildman–Crippen MR) is 142 cm³/mol. The lowest BCUT2D eigenvalue weighted by Gasteiger charge is -2.16. The van der Waals surface area contributed by atoms with Gasteiger partial charge in [0.2, 0.25) is 0 Å². The van der Waals surface area contributed by atoms with Gasteiger partial charge in [0.1, 0.15) is 6.61 Å². The fourth-order valence-corrected chi connectivity index (χ4v) is 4.78. The van der Waals surface area contributed by atoms with Crippen molar-refractivity contribution in [2.24, 2.45) is 0 Å². The van der Waals surface area contributed by atoms with Crippen LogP contribution in [0.3, 0.4) is 0 Å². The lowest BCUT2D eigenvalue weighted by molar-refractivity contribution is -0.123. The Hall–Kier alpha value is -3.33. The number of benzene rings is 3. The molecule has 6 nitrogen and oxygen atoms in total. The Bertz CT molecular complexity index is 1340. The molecule has 1 heterocycles. The van der Waals surface area contributed by atoms with Crippen molar-refractivity contribution in [3.05, 3.63) is 98.9 Å². The number of hydrogen-bond acceptors (Lipinski definition) is 6. The summed E-state index contributed by atoms with van der Waals surface area (Å²) in [5.74, 6) is 0.170. The minimum Gasteiger partial charge on any atom is -0.493 e. The Morgan fingerprint density at radius 1 is 1.11 bits per heavy atom. The molecule has 1 N–H and O–H groups in total. The molecular formula is C26H21ClN2O4S2. The number of carbonyl (C=O) groups is 2. The quantitative estimate of drug-likeness (QED) is 0.312. The zero-order chi connectivity index (χ0) is 24.9. The number of halogens is 1. The monoisotopic (exact) mass is 524 g/mol. The third kappa shape index (κ3) is 5.85. The zero-order valence-corrected chi connectivity index (χ0v) is 21.3. The smallest absolute Gasteiger partial charge is 0.285 e. The molecule has 0 bridgehead atoms. The van der Waals surface area contributed by atoms with E-state index in [1.54, 1.807) is 49.6 Å². The molecular weight excluding hydrogens is 504 g/mol. The molecule has 0 spiro atoms. The Labute approximate surface area is 217 Å². The van der Waals surface area contributed by atoms with E-state index in [1.807, 2.05) is 31.2 Å². The first-order chi connectivity index (χ1) is 16.9. The third-order valence-corrected chi connectivity index (χ3v) is 6.72. The van der Waals surface area contributed by atoms with Gasteiger partial charge in [-0.3, -0.25) is 15.0 Å². The highest BCUT2D eigenvalue weighted by Crippen LogP contribution is 2.34. The highest BCUT2D eigenvalue weighted by atomic mass is 35.5. The highest BCUT2D eigenvalue weighted by molar-refractivity contribution is 8.26. The number of thiocarbonyl (C=S) groups is 1. The van der Waals surface area contributed by atoms with Crippen LogP contribution in [0.2, 0.25) is 5.02 Å². The molecule has 0 atom stereocenters. The number of carbonyl (C=O) groups excluding carboxylic acids is 2. The van der Waals surface area contributed by atoms with Crippen LogP contribution in [0.4, 0.5) is 0 Å². The first kappa shape index (κ1) is 24.8. The Balaban J connectivity index is 1.48. The molecule has 9 heteroatoms. The van der Waals surface area contributed by atoms with E-state index < -0.39 is 11.8 Å². The first-order valence-corrected chi connectivity index (χ1v) is 12.2. The summed E-state index contributed by atoms with van der Waals surface area (Å²) < 4.78 is 11.6. The molecule has 4 rings (SSSR count). The van der Waals surface area contributed by atoms with Crippen molar-refractivity contribution >= 4 is 57.8 Å². The van der Waals surface area contributed by atoms with E-state index >= 15 is 0 Å². The maximum absolute atomic E-state index is 12.9. The Morgan fingerprint density at radius 3 is 2.66 bits per heavy atom. The highest BCUT2D eigenvalue weighted by Gasteiger charge is 2.34. The molecule has 0 saturated carbocycles. The van der Waals surface area contributed by atoms with Crippen molar-refractivity contribution < 1.29 is 19.1 Å². The van der Waals surface area contributed by atoms with Gasteiger partial charge < -0.3 is 9.47 Å². The van der Waals surface area contributed by atoms with Gasteiger partial charge in [0, 0.05) is 0 Å². The second-order valence-corrected chi connectivity index (χ2v) is 9.71. The van der Waals surface area contributed by atoms with E-state index in [4.69, 9.17) is 33.3 Å². The van der Waals surface area contributed by atoms with E-state index in [2.05, 4.69) is 11.5 Å². The van der Waals surface area contributed by atoms with Gasteiger partial charge in [-0.25, -0.2) is 0 Å². The number of hydrogen-bond donors (Lipinski definition) is 1. The van der Waals surface area contributed by atoms with Gasteiger partial charge >= 0.3 is 0 Å². The van der Waals surface area contributed by atoms with Crippen LogP contribution >= 0.6 is 35.6 Å². The zero-order valence-electron chi connectivity index (χ0n) is 18.9. The van der Waals surface area contributed by atoms with Crippen molar-refractivity contribution in [2.75, 3.05) is 7.11 Å². The molecule has 0 aliphatic carbocycles. The van der Waals surface area contributed by atoms with E-state index in [0.29, 0.717) is 23.0 Å². The molecule has 1 fully saturated rings. The molecule has 0 aromatic heterocycles. The fraction of sp³-hybridized carbons (Fsp3) is 0.115. The van der Waals surface area contributed by atoms with E-state index in [0.717, 1.165) is 33.5 Å². The minimum absolute atomic E-state index is 0.215. The summed E-state index contributed by atoms with van der Waals surface area (Å²) in [6.45, 7) is 2.44. The number of thioether (sulfide) groups is 1. The molecule has 3 aromatic rings. The van der Waals surface area contributed by atoms with Crippen LogP contribution in [0.15, 0.2) is 71.6 Å². The first-order valence-electron chi connectivity index (χ1n) is 10.6. The van der Waals surface area contributed by atoms with Gasteiger partial charge in [0.15, 0.2) is 15.8 Å². The fourth-order valence-electron chi connectivity index (χ4n) is 3.38. The molecule has 2 amide bonds. The number of rotatable bonds is 7. The average molecular weight is 525 g/mol. The number of methoxy groups -OCH3 is 1. The van der Waals surface area contributed by atoms with E-state index in [9.17, 15) is 9.59 Å². The molecule has 0 radical (unpaired) electrons. The maximum atomic E-state index is 12.9. The van der Waals surface area contributed by atoms with Gasteiger partial charge in [-0.1, -0.05) is 71.4 Å². The second-order valence-electron chi connectivity index (χ2n) is 7.63. The Morgan fingerprint density at radius 2 is 1.91 bits per heavy atom. The van der Waals surface area contributed by atoms with Crippen LogP contribution in [0, 0.1) is 6.92 Å². The van der Waals surface area contributed by atoms with Crippen LogP contribution in [-0.2, 0) is 11.4 Å². The number of hydrazine groups is 1. The minimum atomic E-state index is -0.523. The predicted octanol–water partition coefficient (Wildman–Crippen LogP) is 5.78. The molecule has 1 aliphatic heterocycles. The SMILES string of the molecule is COc1cc(/C=C2/SC(=S)N(NC(=O)c3ccccc3Cl)C2=O)ccc1OCc1cccc(C)c1. The van der Waals surface area contributed by atoms with Gasteiger partial charge in [-0.2, -0.15) is 5.01 Å². The summed E-state index contributed by atoms with van der Waals surface area (Å²) in [6.07, 6.45) is 1.69. The van der Waals surface area contributed by atoms with Crippen molar-refractivity contribution in [3.63, 3.8) is 0 Å². The standard InChI is InChI=1S/C26H21ClN2O4S2/c1-16-6-5-7-18(12-16)15-33-21-11-10-17(13-22(21)32-2)14-23-25(31)29(26(34)35-23)28-24(30)19-8-3-4-9-20(19)27/h3-14H,15H2,1-2H3,(H,28,30)/b23-14+. The normalized spacial score (nSPS) is 14.4. The van der Waals surface area contributed by atoms with Gasteiger partial charge in [-0.15, -0.1) is 0 Å². The summed E-state index contributed by atoms with van der Waals surface area (Å²) in [5, 5.41) is 1.33. The van der Waals surface area contributed by atoms with Gasteiger partial charge in [-0.05, 0) is 60.6 Å². The van der Waals surface area contributed by atoms with Crippen molar-refractivity contribution in [1.29, 1.82) is 0 Å². The Kier molecular flexibility index (Phi) is 7.75. The number of nitrogens with one attached hydrogen (secondary N) is 1. The number of ether oxygens (including phenoxy) is 2. The van der Waals surface area contributed by atoms with Crippen LogP contribution in [0.5, 0.6) is 11.5 Å². The lowest BCUT2D eigenvalue weighted by Crippen LogP contribution is -2.44. The molecule has 3 aromatic carbocycles. The van der Waals surface area contributed by atoms with Crippen LogP contribution in [0.25, 0.3) is 6.08 Å². The largest absolute Gasteiger partial charge is 0.493 e. The average Bonchev–Trinajstić information content (AvgIpc) is 3.10. The summed E-state index contributed by atoms with van der Waals surface area (Å²) in [5.41, 5.74) is 5.72. The maximum Gasteiger partial charge on any atom is 0.285 e. The van der Waals surface area contributed by atoms with Crippen molar-refractivity contribution in [3.8, 4) is 11.5 Å². The third-order valence-electron chi connectivity index (χ3n) is 5.09. The molecule has 1 saturated heterocycles. The summed E-state index contributed by atoms with van der Waals surface area (Å²) in [7, 11) is 1.56. The van der Waals surface area contributed by atoms with Gasteiger partial charge in [0.05, 0.1) is 22.6 Å². The van der Waals surface area contributed by atoms with Crippen molar-refractivity contribution in [2.45, 2.75) is 13.5 Å². The molecule has 1 aliphatic rings. The van der Waals surface area contributed by atoms with E-state index in [-0.39, 0.29) is 14.9 Å². The van der Waals surface area contributed by atoms with Crippen LogP contribution in [0.1, 0.15) is 27.0 Å². The van der Waals surface area contributed by atoms with Gasteiger partial charge in [0.25, 0.3) is 11.8 Å². The molecule has 0 unspecified atom stereocenters. The van der Waals surface area contributed by atoms with Crippen LogP contribution < -0.4 is 14.9 Å². The molecule has 178 valence electrons. The number of aryl methyl sites for hydroxylation is 1. The van der Waals surface area contributed by atoms with Crippen molar-refractivity contribution in [1.82, 2.24) is 10.4 Å². The topological polar surface area (TPSA) is 67.9 Å². The summed E-state index contributed by atoms with van der Waals surface area (Å²) in [4.78, 5) is 25.9.